The van der Waals surface area contributed by atoms with E-state index in [-0.39, 0.29) is 11.8 Å². The van der Waals surface area contributed by atoms with Crippen LogP contribution in [-0.4, -0.2) is 28.3 Å². The van der Waals surface area contributed by atoms with Gasteiger partial charge in [-0.15, -0.1) is 0 Å². The van der Waals surface area contributed by atoms with Crippen molar-refractivity contribution in [2.24, 2.45) is 7.05 Å². The summed E-state index contributed by atoms with van der Waals surface area (Å²) in [5.74, 6) is 0.380. The first kappa shape index (κ1) is 18.8. The maximum Gasteiger partial charge on any atom is 0.271 e. The summed E-state index contributed by atoms with van der Waals surface area (Å²) in [6.07, 6.45) is 3.27. The third-order valence-corrected chi connectivity index (χ3v) is 4.43. The summed E-state index contributed by atoms with van der Waals surface area (Å²) in [7, 11) is 3.37. The van der Waals surface area contributed by atoms with Crippen molar-refractivity contribution in [1.82, 2.24) is 14.8 Å². The topological polar surface area (TPSA) is 67.5 Å². The number of carbonyl (C=O) groups is 2. The Balaban J connectivity index is 1.84. The number of aryl methyl sites for hydroxylation is 1. The maximum absolute atomic E-state index is 13.1. The molecule has 0 fully saturated rings. The molecule has 1 aromatic carbocycles. The Labute approximate surface area is 162 Å². The van der Waals surface area contributed by atoms with E-state index < -0.39 is 0 Å². The van der Waals surface area contributed by atoms with Gasteiger partial charge in [-0.25, -0.2) is 0 Å². The fourth-order valence-corrected chi connectivity index (χ4v) is 3.06. The van der Waals surface area contributed by atoms with Crippen molar-refractivity contribution >= 4 is 23.4 Å². The van der Waals surface area contributed by atoms with Crippen LogP contribution in [0.2, 0.25) is 5.02 Å². The molecule has 0 saturated carbocycles. The van der Waals surface area contributed by atoms with Gasteiger partial charge in [0, 0.05) is 32.4 Å². The molecule has 140 valence electrons. The summed E-state index contributed by atoms with van der Waals surface area (Å²) in [6.45, 7) is 0.697. The van der Waals surface area contributed by atoms with Crippen molar-refractivity contribution in [2.75, 3.05) is 7.05 Å². The maximum atomic E-state index is 13.1. The Morgan fingerprint density at radius 3 is 2.48 bits per heavy atom. The molecule has 3 rings (SSSR count). The number of nitrogens with zero attached hydrogens (tertiary/aromatic N) is 2. The number of furan rings is 1. The molecule has 3 aromatic rings. The van der Waals surface area contributed by atoms with Gasteiger partial charge >= 0.3 is 0 Å². The van der Waals surface area contributed by atoms with Crippen LogP contribution in [0.5, 0.6) is 0 Å². The van der Waals surface area contributed by atoms with Gasteiger partial charge in [-0.2, -0.15) is 0 Å². The molecule has 2 heterocycles. The SMILES string of the molecule is CNC(=O)c1ccc(CN(Cc2ccco2)C(=O)c2cc(Cl)cn2C)cc1. The Morgan fingerprint density at radius 2 is 1.93 bits per heavy atom. The van der Waals surface area contributed by atoms with Crippen LogP contribution in [0, 0.1) is 0 Å². The highest BCUT2D eigenvalue weighted by Crippen LogP contribution is 2.19. The summed E-state index contributed by atoms with van der Waals surface area (Å²) in [5.41, 5.74) is 1.97. The van der Waals surface area contributed by atoms with Crippen LogP contribution in [0.1, 0.15) is 32.2 Å². The minimum Gasteiger partial charge on any atom is -0.467 e. The number of hydrogen-bond donors (Lipinski definition) is 1. The Morgan fingerprint density at radius 1 is 1.19 bits per heavy atom. The van der Waals surface area contributed by atoms with Gasteiger partial charge in [0.2, 0.25) is 0 Å². The summed E-state index contributed by atoms with van der Waals surface area (Å²) >= 11 is 6.03. The monoisotopic (exact) mass is 385 g/mol. The molecule has 0 aliphatic heterocycles. The first-order valence-electron chi connectivity index (χ1n) is 8.42. The second kappa shape index (κ2) is 8.14. The van der Waals surface area contributed by atoms with Crippen molar-refractivity contribution in [2.45, 2.75) is 13.1 Å². The van der Waals surface area contributed by atoms with E-state index in [1.807, 2.05) is 18.2 Å². The van der Waals surface area contributed by atoms with Crippen LogP contribution in [0.4, 0.5) is 0 Å². The second-order valence-electron chi connectivity index (χ2n) is 6.17. The number of aromatic nitrogens is 1. The zero-order valence-corrected chi connectivity index (χ0v) is 15.9. The Hall–Kier alpha value is -2.99. The number of halogens is 1. The standard InChI is InChI=1S/C20H20ClN3O3/c1-22-19(25)15-7-5-14(6-8-15)11-24(13-17-4-3-9-27-17)20(26)18-10-16(21)12-23(18)2/h3-10,12H,11,13H2,1-2H3,(H,22,25). The quantitative estimate of drug-likeness (QED) is 0.706. The molecule has 0 aliphatic carbocycles. The van der Waals surface area contributed by atoms with E-state index in [9.17, 15) is 9.59 Å². The van der Waals surface area contributed by atoms with Crippen molar-refractivity contribution in [1.29, 1.82) is 0 Å². The summed E-state index contributed by atoms with van der Waals surface area (Å²) in [6, 6.07) is 12.4. The largest absolute Gasteiger partial charge is 0.467 e. The average molecular weight is 386 g/mol. The van der Waals surface area contributed by atoms with Crippen LogP contribution in [-0.2, 0) is 20.1 Å². The van der Waals surface area contributed by atoms with E-state index in [2.05, 4.69) is 5.32 Å². The van der Waals surface area contributed by atoms with Gasteiger partial charge in [-0.1, -0.05) is 23.7 Å². The molecule has 2 amide bonds. The van der Waals surface area contributed by atoms with Crippen LogP contribution in [0.15, 0.2) is 59.3 Å². The molecule has 2 aromatic heterocycles. The van der Waals surface area contributed by atoms with E-state index in [1.165, 1.54) is 0 Å². The molecule has 6 nitrogen and oxygen atoms in total. The third-order valence-electron chi connectivity index (χ3n) is 4.22. The lowest BCUT2D eigenvalue weighted by atomic mass is 10.1. The van der Waals surface area contributed by atoms with Crippen LogP contribution in [0.25, 0.3) is 0 Å². The van der Waals surface area contributed by atoms with Crippen LogP contribution in [0.3, 0.4) is 0 Å². The number of benzene rings is 1. The van der Waals surface area contributed by atoms with Gasteiger partial charge in [0.15, 0.2) is 0 Å². The summed E-state index contributed by atoms with van der Waals surface area (Å²) in [5, 5.41) is 3.10. The van der Waals surface area contributed by atoms with Gasteiger partial charge < -0.3 is 19.2 Å². The lowest BCUT2D eigenvalue weighted by Crippen LogP contribution is -2.31. The zero-order chi connectivity index (χ0) is 19.4. The van der Waals surface area contributed by atoms with E-state index >= 15 is 0 Å². The molecular weight excluding hydrogens is 366 g/mol. The molecule has 1 N–H and O–H groups in total. The third kappa shape index (κ3) is 4.41. The molecule has 0 atom stereocenters. The number of amides is 2. The fraction of sp³-hybridized carbons (Fsp3) is 0.200. The molecule has 7 heteroatoms. The highest BCUT2D eigenvalue weighted by atomic mass is 35.5. The van der Waals surface area contributed by atoms with Crippen molar-refractivity contribution in [3.8, 4) is 0 Å². The fourth-order valence-electron chi connectivity index (χ4n) is 2.82. The van der Waals surface area contributed by atoms with Gasteiger partial charge in [-0.3, -0.25) is 9.59 Å². The van der Waals surface area contributed by atoms with Crippen molar-refractivity contribution < 1.29 is 14.0 Å². The predicted octanol–water partition coefficient (Wildman–Crippen LogP) is 3.47. The number of rotatable bonds is 6. The molecule has 0 unspecified atom stereocenters. The molecule has 0 radical (unpaired) electrons. The minimum atomic E-state index is -0.156. The molecule has 27 heavy (non-hydrogen) atoms. The van der Waals surface area contributed by atoms with E-state index in [4.69, 9.17) is 16.0 Å². The molecule has 0 spiro atoms. The van der Waals surface area contributed by atoms with Crippen molar-refractivity contribution in [3.05, 3.63) is 82.5 Å². The molecule has 0 aliphatic rings. The highest BCUT2D eigenvalue weighted by molar-refractivity contribution is 6.31. The summed E-state index contributed by atoms with van der Waals surface area (Å²) < 4.78 is 7.11. The average Bonchev–Trinajstić information content (AvgIpc) is 3.29. The lowest BCUT2D eigenvalue weighted by molar-refractivity contribution is 0.0707. The molecular formula is C20H20ClN3O3. The number of hydrogen-bond acceptors (Lipinski definition) is 3. The first-order valence-corrected chi connectivity index (χ1v) is 8.80. The second-order valence-corrected chi connectivity index (χ2v) is 6.61. The van der Waals surface area contributed by atoms with E-state index in [0.717, 1.165) is 5.56 Å². The van der Waals surface area contributed by atoms with Gasteiger partial charge in [0.05, 0.1) is 17.8 Å². The Kier molecular flexibility index (Phi) is 5.66. The minimum absolute atomic E-state index is 0.150. The molecule has 0 saturated heterocycles. The zero-order valence-electron chi connectivity index (χ0n) is 15.1. The number of nitrogens with one attached hydrogen (secondary N) is 1. The normalized spacial score (nSPS) is 10.6. The molecule has 0 bridgehead atoms. The van der Waals surface area contributed by atoms with Crippen LogP contribution < -0.4 is 5.32 Å². The first-order chi connectivity index (χ1) is 13.0. The van der Waals surface area contributed by atoms with Gasteiger partial charge in [0.25, 0.3) is 11.8 Å². The number of carbonyl (C=O) groups excluding carboxylic acids is 2. The summed E-state index contributed by atoms with van der Waals surface area (Å²) in [4.78, 5) is 26.4. The van der Waals surface area contributed by atoms with Crippen molar-refractivity contribution in [3.63, 3.8) is 0 Å². The highest BCUT2D eigenvalue weighted by Gasteiger charge is 2.21. The van der Waals surface area contributed by atoms with E-state index in [0.29, 0.717) is 35.1 Å². The van der Waals surface area contributed by atoms with E-state index in [1.54, 1.807) is 60.3 Å². The van der Waals surface area contributed by atoms with Gasteiger partial charge in [0.1, 0.15) is 11.5 Å². The van der Waals surface area contributed by atoms with Gasteiger partial charge in [-0.05, 0) is 35.9 Å². The lowest BCUT2D eigenvalue weighted by Gasteiger charge is -2.22. The predicted molar refractivity (Wildman–Crippen MR) is 103 cm³/mol. The smallest absolute Gasteiger partial charge is 0.271 e. The van der Waals surface area contributed by atoms with Crippen LogP contribution >= 0.6 is 11.6 Å². The Bertz CT molecular complexity index is 930.